The summed E-state index contributed by atoms with van der Waals surface area (Å²) in [5.41, 5.74) is 1.20. The van der Waals surface area contributed by atoms with Gasteiger partial charge in [0.1, 0.15) is 0 Å². The first-order valence-corrected chi connectivity index (χ1v) is 10.7. The highest BCUT2D eigenvalue weighted by atomic mass is 16.5. The maximum Gasteiger partial charge on any atom is 0.312 e. The third kappa shape index (κ3) is 3.14. The highest BCUT2D eigenvalue weighted by molar-refractivity contribution is 5.83. The molecule has 4 fully saturated rings. The zero-order valence-electron chi connectivity index (χ0n) is 16.3. The number of carbonyl (C=O) groups is 2. The van der Waals surface area contributed by atoms with Gasteiger partial charge in [-0.1, -0.05) is 24.3 Å². The van der Waals surface area contributed by atoms with Crippen molar-refractivity contribution in [2.24, 2.45) is 17.3 Å². The number of aryl methyl sites for hydroxylation is 1. The first-order chi connectivity index (χ1) is 13.4. The number of esters is 1. The van der Waals surface area contributed by atoms with Gasteiger partial charge in [0.15, 0.2) is 6.61 Å². The zero-order valence-corrected chi connectivity index (χ0v) is 16.3. The van der Waals surface area contributed by atoms with Crippen LogP contribution >= 0.6 is 0 Å². The number of rotatable bonds is 4. The van der Waals surface area contributed by atoms with Crippen LogP contribution < -0.4 is 5.32 Å². The van der Waals surface area contributed by atoms with Crippen LogP contribution in [0.1, 0.15) is 68.5 Å². The molecule has 0 aromatic heterocycles. The molecule has 4 saturated carbocycles. The van der Waals surface area contributed by atoms with Crippen LogP contribution in [-0.2, 0) is 20.7 Å². The van der Waals surface area contributed by atoms with E-state index >= 15 is 0 Å². The van der Waals surface area contributed by atoms with Gasteiger partial charge in [0.05, 0.1) is 17.1 Å². The molecule has 5 heteroatoms. The lowest BCUT2D eigenvalue weighted by molar-refractivity contribution is -0.196. The molecule has 5 aliphatic carbocycles. The van der Waals surface area contributed by atoms with Gasteiger partial charge in [0.2, 0.25) is 0 Å². The van der Waals surface area contributed by atoms with Crippen molar-refractivity contribution in [2.75, 3.05) is 6.61 Å². The molecule has 4 bridgehead atoms. The summed E-state index contributed by atoms with van der Waals surface area (Å²) in [6.45, 7) is -0.229. The average Bonchev–Trinajstić information content (AvgIpc) is 2.64. The van der Waals surface area contributed by atoms with Crippen molar-refractivity contribution in [3.05, 3.63) is 35.4 Å². The molecule has 28 heavy (non-hydrogen) atoms. The van der Waals surface area contributed by atoms with Crippen molar-refractivity contribution in [3.8, 4) is 0 Å². The SMILES string of the molecule is O=C(COC(=O)C12C[C@@H]3C[C@@H](CC(O)(C3)C1)C2)N[C@@H]1CCCc2ccccc21. The van der Waals surface area contributed by atoms with Crippen LogP contribution in [0.4, 0.5) is 0 Å². The molecule has 2 unspecified atom stereocenters. The number of carbonyl (C=O) groups excluding carboxylic acids is 2. The largest absolute Gasteiger partial charge is 0.455 e. The Labute approximate surface area is 165 Å². The van der Waals surface area contributed by atoms with Gasteiger partial charge in [-0.05, 0) is 80.8 Å². The number of aliphatic hydroxyl groups is 1. The van der Waals surface area contributed by atoms with Crippen LogP contribution in [-0.4, -0.2) is 29.2 Å². The number of hydrogen-bond acceptors (Lipinski definition) is 4. The van der Waals surface area contributed by atoms with Gasteiger partial charge >= 0.3 is 5.97 Å². The van der Waals surface area contributed by atoms with Gasteiger partial charge < -0.3 is 15.2 Å². The van der Waals surface area contributed by atoms with Crippen LogP contribution in [0, 0.1) is 17.3 Å². The van der Waals surface area contributed by atoms with Crippen molar-refractivity contribution in [1.29, 1.82) is 0 Å². The second-order valence-electron chi connectivity index (χ2n) is 9.75. The summed E-state index contributed by atoms with van der Waals surface area (Å²) in [4.78, 5) is 25.4. The van der Waals surface area contributed by atoms with Gasteiger partial charge in [-0.15, -0.1) is 0 Å². The standard InChI is InChI=1S/C23H29NO4/c25-20(24-19-7-3-5-17-4-1-2-6-18(17)19)13-28-21(26)22-9-15-8-16(10-22)12-23(27,11-15)14-22/h1-2,4,6,15-16,19,27H,3,5,7-14H2,(H,24,25)/t15-,16+,19-,22?,23?/m1/s1. The molecule has 0 aliphatic heterocycles. The second kappa shape index (κ2) is 6.58. The highest BCUT2D eigenvalue weighted by Crippen LogP contribution is 2.61. The molecule has 150 valence electrons. The van der Waals surface area contributed by atoms with E-state index in [9.17, 15) is 14.7 Å². The van der Waals surface area contributed by atoms with E-state index in [1.807, 2.05) is 12.1 Å². The number of benzene rings is 1. The molecule has 2 N–H and O–H groups in total. The van der Waals surface area contributed by atoms with Gasteiger partial charge in [0, 0.05) is 0 Å². The fraction of sp³-hybridized carbons (Fsp3) is 0.652. The average molecular weight is 383 g/mol. The Bertz CT molecular complexity index is 790. The Balaban J connectivity index is 1.20. The highest BCUT2D eigenvalue weighted by Gasteiger charge is 2.60. The van der Waals surface area contributed by atoms with E-state index in [0.29, 0.717) is 18.3 Å². The number of ether oxygens (including phenoxy) is 1. The molecule has 0 radical (unpaired) electrons. The molecule has 1 aromatic rings. The smallest absolute Gasteiger partial charge is 0.312 e. The van der Waals surface area contributed by atoms with Crippen LogP contribution in [0.3, 0.4) is 0 Å². The minimum Gasteiger partial charge on any atom is -0.455 e. The number of fused-ring (bicyclic) bond motifs is 1. The van der Waals surface area contributed by atoms with Crippen molar-refractivity contribution in [1.82, 2.24) is 5.32 Å². The summed E-state index contributed by atoms with van der Waals surface area (Å²) in [5.74, 6) is 0.329. The van der Waals surface area contributed by atoms with Gasteiger partial charge in [0.25, 0.3) is 5.91 Å². The summed E-state index contributed by atoms with van der Waals surface area (Å²) < 4.78 is 5.50. The lowest BCUT2D eigenvalue weighted by Crippen LogP contribution is -2.58. The van der Waals surface area contributed by atoms with Crippen LogP contribution in [0.15, 0.2) is 24.3 Å². The van der Waals surface area contributed by atoms with E-state index in [0.717, 1.165) is 51.4 Å². The van der Waals surface area contributed by atoms with Gasteiger partial charge in [-0.3, -0.25) is 9.59 Å². The Kier molecular flexibility index (Phi) is 4.27. The molecular weight excluding hydrogens is 354 g/mol. The molecule has 0 spiro atoms. The normalized spacial score (nSPS) is 38.0. The van der Waals surface area contributed by atoms with E-state index in [2.05, 4.69) is 17.4 Å². The predicted molar refractivity (Wildman–Crippen MR) is 103 cm³/mol. The van der Waals surface area contributed by atoms with E-state index in [-0.39, 0.29) is 24.5 Å². The predicted octanol–water partition coefficient (Wildman–Crippen LogP) is 3.05. The quantitative estimate of drug-likeness (QED) is 0.784. The van der Waals surface area contributed by atoms with Gasteiger partial charge in [-0.2, -0.15) is 0 Å². The van der Waals surface area contributed by atoms with E-state index in [1.165, 1.54) is 11.1 Å². The lowest BCUT2D eigenvalue weighted by Gasteiger charge is -2.58. The molecule has 5 atom stereocenters. The molecule has 0 heterocycles. The number of amides is 1. The van der Waals surface area contributed by atoms with E-state index < -0.39 is 11.0 Å². The zero-order chi connectivity index (χ0) is 19.4. The second-order valence-corrected chi connectivity index (χ2v) is 9.75. The molecule has 1 amide bonds. The van der Waals surface area contributed by atoms with E-state index in [4.69, 9.17) is 4.74 Å². The topological polar surface area (TPSA) is 75.6 Å². The van der Waals surface area contributed by atoms with Crippen molar-refractivity contribution in [3.63, 3.8) is 0 Å². The molecule has 0 saturated heterocycles. The fourth-order valence-electron chi connectivity index (χ4n) is 6.88. The summed E-state index contributed by atoms with van der Waals surface area (Å²) in [5, 5.41) is 13.9. The third-order valence-electron chi connectivity index (χ3n) is 7.50. The molecule has 5 aliphatic rings. The van der Waals surface area contributed by atoms with Gasteiger partial charge in [-0.25, -0.2) is 0 Å². The summed E-state index contributed by atoms with van der Waals surface area (Å²) in [6, 6.07) is 8.22. The Morgan fingerprint density at radius 1 is 1.14 bits per heavy atom. The number of hydrogen-bond donors (Lipinski definition) is 2. The first-order valence-electron chi connectivity index (χ1n) is 10.7. The van der Waals surface area contributed by atoms with Crippen molar-refractivity contribution >= 4 is 11.9 Å². The first kappa shape index (κ1) is 18.2. The Morgan fingerprint density at radius 2 is 1.89 bits per heavy atom. The molecule has 5 nitrogen and oxygen atoms in total. The maximum absolute atomic E-state index is 12.9. The molecule has 1 aromatic carbocycles. The van der Waals surface area contributed by atoms with Crippen molar-refractivity contribution < 1.29 is 19.4 Å². The summed E-state index contributed by atoms with van der Waals surface area (Å²) >= 11 is 0. The summed E-state index contributed by atoms with van der Waals surface area (Å²) in [6.07, 6.45) is 7.89. The fourth-order valence-corrected chi connectivity index (χ4v) is 6.88. The molecular formula is C23H29NO4. The minimum absolute atomic E-state index is 0.00332. The lowest BCUT2D eigenvalue weighted by atomic mass is 9.48. The number of nitrogens with one attached hydrogen (secondary N) is 1. The van der Waals surface area contributed by atoms with E-state index in [1.54, 1.807) is 0 Å². The minimum atomic E-state index is -0.697. The Hall–Kier alpha value is -1.88. The van der Waals surface area contributed by atoms with Crippen molar-refractivity contribution in [2.45, 2.75) is 69.4 Å². The monoisotopic (exact) mass is 383 g/mol. The van der Waals surface area contributed by atoms with Crippen LogP contribution in [0.5, 0.6) is 0 Å². The van der Waals surface area contributed by atoms with Crippen LogP contribution in [0.25, 0.3) is 0 Å². The maximum atomic E-state index is 12.9. The Morgan fingerprint density at radius 3 is 2.64 bits per heavy atom. The third-order valence-corrected chi connectivity index (χ3v) is 7.50. The van der Waals surface area contributed by atoms with Crippen LogP contribution in [0.2, 0.25) is 0 Å². The summed E-state index contributed by atoms with van der Waals surface area (Å²) in [7, 11) is 0. The molecule has 6 rings (SSSR count).